The molecule has 2 atom stereocenters. The quantitative estimate of drug-likeness (QED) is 0.726. The Morgan fingerprint density at radius 1 is 1.29 bits per heavy atom. The van der Waals surface area contributed by atoms with E-state index in [4.69, 9.17) is 15.2 Å². The number of benzene rings is 1. The van der Waals surface area contributed by atoms with Crippen LogP contribution in [0.5, 0.6) is 0 Å². The van der Waals surface area contributed by atoms with E-state index in [0.29, 0.717) is 32.7 Å². The Kier molecular flexibility index (Phi) is 6.22. The van der Waals surface area contributed by atoms with E-state index in [2.05, 4.69) is 10.2 Å². The second-order valence-electron chi connectivity index (χ2n) is 8.29. The number of nitrogens with one attached hydrogen (secondary N) is 1. The van der Waals surface area contributed by atoms with E-state index < -0.39 is 5.60 Å². The molecular formula is C20H30N4O4. The fourth-order valence-corrected chi connectivity index (χ4v) is 3.43. The van der Waals surface area contributed by atoms with Gasteiger partial charge in [0.25, 0.3) is 0 Å². The van der Waals surface area contributed by atoms with Gasteiger partial charge in [-0.05, 0) is 38.5 Å². The third kappa shape index (κ3) is 5.21. The summed E-state index contributed by atoms with van der Waals surface area (Å²) in [6.45, 7) is 9.14. The summed E-state index contributed by atoms with van der Waals surface area (Å²) in [5.74, 6) is -0.248. The van der Waals surface area contributed by atoms with Gasteiger partial charge in [0.1, 0.15) is 17.7 Å². The molecule has 0 radical (unpaired) electrons. The number of carbonyl (C=O) groups excluding carboxylic acids is 2. The van der Waals surface area contributed by atoms with E-state index in [1.165, 1.54) is 0 Å². The Balaban J connectivity index is 1.55. The monoisotopic (exact) mass is 390 g/mol. The zero-order chi connectivity index (χ0) is 20.3. The van der Waals surface area contributed by atoms with E-state index in [0.717, 1.165) is 17.8 Å². The second kappa shape index (κ2) is 8.46. The molecule has 0 saturated carbocycles. The Hall–Kier alpha value is -2.16. The zero-order valence-corrected chi connectivity index (χ0v) is 16.8. The largest absolute Gasteiger partial charge is 0.459 e. The fourth-order valence-electron chi connectivity index (χ4n) is 3.43. The lowest BCUT2D eigenvalue weighted by Crippen LogP contribution is -2.56. The number of amides is 1. The summed E-state index contributed by atoms with van der Waals surface area (Å²) < 4.78 is 11.0. The predicted molar refractivity (Wildman–Crippen MR) is 106 cm³/mol. The van der Waals surface area contributed by atoms with Gasteiger partial charge in [-0.25, -0.2) is 4.79 Å². The number of hydrogen-bond donors (Lipinski definition) is 2. The van der Waals surface area contributed by atoms with Crippen LogP contribution in [-0.2, 0) is 20.8 Å². The SMILES string of the molecule is CC(C)(C)OC(=O)C1CN(CC2CN(c3ccc(CN)cc3)C(=O)O2)CCN1. The number of cyclic esters (lactones) is 1. The third-order valence-electron chi connectivity index (χ3n) is 4.77. The van der Waals surface area contributed by atoms with Crippen molar-refractivity contribution in [3.05, 3.63) is 29.8 Å². The summed E-state index contributed by atoms with van der Waals surface area (Å²) >= 11 is 0. The van der Waals surface area contributed by atoms with Gasteiger partial charge in [0.05, 0.1) is 6.54 Å². The number of nitrogens with zero attached hydrogens (tertiary/aromatic N) is 2. The molecule has 2 aliphatic heterocycles. The molecular weight excluding hydrogens is 360 g/mol. The number of ether oxygens (including phenoxy) is 2. The first-order valence-electron chi connectivity index (χ1n) is 9.71. The number of piperazine rings is 1. The van der Waals surface area contributed by atoms with Crippen molar-refractivity contribution in [2.75, 3.05) is 37.6 Å². The Morgan fingerprint density at radius 2 is 2.00 bits per heavy atom. The molecule has 8 nitrogen and oxygen atoms in total. The molecule has 1 aromatic carbocycles. The first-order valence-corrected chi connectivity index (χ1v) is 9.71. The highest BCUT2D eigenvalue weighted by Gasteiger charge is 2.36. The van der Waals surface area contributed by atoms with Crippen molar-refractivity contribution in [3.63, 3.8) is 0 Å². The number of rotatable bonds is 5. The summed E-state index contributed by atoms with van der Waals surface area (Å²) in [6.07, 6.45) is -0.580. The fraction of sp³-hybridized carbons (Fsp3) is 0.600. The lowest BCUT2D eigenvalue weighted by Gasteiger charge is -2.34. The number of carbonyl (C=O) groups is 2. The maximum atomic E-state index is 12.3. The molecule has 2 aliphatic rings. The van der Waals surface area contributed by atoms with Crippen molar-refractivity contribution < 1.29 is 19.1 Å². The minimum Gasteiger partial charge on any atom is -0.459 e. The van der Waals surface area contributed by atoms with Crippen LogP contribution in [0.25, 0.3) is 0 Å². The number of hydrogen-bond acceptors (Lipinski definition) is 7. The molecule has 0 bridgehead atoms. The van der Waals surface area contributed by atoms with Crippen molar-refractivity contribution >= 4 is 17.7 Å². The van der Waals surface area contributed by atoms with Crippen LogP contribution in [0.15, 0.2) is 24.3 Å². The van der Waals surface area contributed by atoms with Crippen molar-refractivity contribution in [2.24, 2.45) is 5.73 Å². The van der Waals surface area contributed by atoms with Crippen molar-refractivity contribution in [1.29, 1.82) is 0 Å². The van der Waals surface area contributed by atoms with Gasteiger partial charge in [-0.2, -0.15) is 0 Å². The lowest BCUT2D eigenvalue weighted by molar-refractivity contribution is -0.158. The second-order valence-corrected chi connectivity index (χ2v) is 8.29. The van der Waals surface area contributed by atoms with Crippen LogP contribution < -0.4 is 16.0 Å². The predicted octanol–water partition coefficient (Wildman–Crippen LogP) is 1.09. The van der Waals surface area contributed by atoms with Crippen molar-refractivity contribution in [1.82, 2.24) is 10.2 Å². The molecule has 154 valence electrons. The molecule has 0 spiro atoms. The molecule has 0 aromatic heterocycles. The van der Waals surface area contributed by atoms with Gasteiger partial charge in [0.15, 0.2) is 0 Å². The van der Waals surface area contributed by atoms with Crippen LogP contribution in [0.3, 0.4) is 0 Å². The van der Waals surface area contributed by atoms with E-state index in [9.17, 15) is 9.59 Å². The molecule has 28 heavy (non-hydrogen) atoms. The molecule has 1 amide bonds. The van der Waals surface area contributed by atoms with Gasteiger partial charge < -0.3 is 20.5 Å². The molecule has 2 heterocycles. The maximum Gasteiger partial charge on any atom is 0.414 e. The average molecular weight is 390 g/mol. The molecule has 2 fully saturated rings. The van der Waals surface area contributed by atoms with Crippen LogP contribution in [-0.4, -0.2) is 67.4 Å². The first-order chi connectivity index (χ1) is 13.2. The minimum atomic E-state index is -0.512. The van der Waals surface area contributed by atoms with Gasteiger partial charge in [-0.1, -0.05) is 12.1 Å². The summed E-state index contributed by atoms with van der Waals surface area (Å²) in [5.41, 5.74) is 6.93. The van der Waals surface area contributed by atoms with Crippen molar-refractivity contribution in [2.45, 2.75) is 45.1 Å². The smallest absolute Gasteiger partial charge is 0.414 e. The Morgan fingerprint density at radius 3 is 2.64 bits per heavy atom. The Labute approximate surface area is 165 Å². The molecule has 8 heteroatoms. The van der Waals surface area contributed by atoms with E-state index in [1.54, 1.807) is 4.90 Å². The van der Waals surface area contributed by atoms with Gasteiger partial charge in [-0.15, -0.1) is 0 Å². The van der Waals surface area contributed by atoms with Crippen LogP contribution in [0, 0.1) is 0 Å². The summed E-state index contributed by atoms with van der Waals surface area (Å²) in [6, 6.07) is 7.23. The van der Waals surface area contributed by atoms with Crippen LogP contribution >= 0.6 is 0 Å². The summed E-state index contributed by atoms with van der Waals surface area (Å²) in [4.78, 5) is 28.4. The van der Waals surface area contributed by atoms with E-state index in [-0.39, 0.29) is 24.2 Å². The average Bonchev–Trinajstić information content (AvgIpc) is 3.00. The maximum absolute atomic E-state index is 12.3. The molecule has 2 saturated heterocycles. The number of anilines is 1. The topological polar surface area (TPSA) is 97.1 Å². The Bertz CT molecular complexity index is 701. The van der Waals surface area contributed by atoms with Gasteiger partial charge in [0, 0.05) is 38.4 Å². The van der Waals surface area contributed by atoms with Crippen LogP contribution in [0.4, 0.5) is 10.5 Å². The summed E-state index contributed by atoms with van der Waals surface area (Å²) in [7, 11) is 0. The van der Waals surface area contributed by atoms with E-state index in [1.807, 2.05) is 45.0 Å². The summed E-state index contributed by atoms with van der Waals surface area (Å²) in [5, 5.41) is 3.21. The highest BCUT2D eigenvalue weighted by molar-refractivity contribution is 5.89. The van der Waals surface area contributed by atoms with Crippen molar-refractivity contribution in [3.8, 4) is 0 Å². The molecule has 3 N–H and O–H groups in total. The normalized spacial score (nSPS) is 23.6. The van der Waals surface area contributed by atoms with Gasteiger partial charge in [-0.3, -0.25) is 14.6 Å². The lowest BCUT2D eigenvalue weighted by atomic mass is 10.1. The van der Waals surface area contributed by atoms with E-state index >= 15 is 0 Å². The molecule has 3 rings (SSSR count). The third-order valence-corrected chi connectivity index (χ3v) is 4.77. The minimum absolute atomic E-state index is 0.237. The zero-order valence-electron chi connectivity index (χ0n) is 16.8. The molecule has 1 aromatic rings. The standard InChI is InChI=1S/C20H30N4O4/c1-20(2,3)28-18(25)17-13-23(9-8-22-17)11-16-12-24(19(26)27-16)15-6-4-14(10-21)5-7-15/h4-7,16-17,22H,8-13,21H2,1-3H3. The molecule has 0 aliphatic carbocycles. The number of esters is 1. The first kappa shape index (κ1) is 20.6. The van der Waals surface area contributed by atoms with Crippen LogP contribution in [0.2, 0.25) is 0 Å². The number of nitrogens with two attached hydrogens (primary N) is 1. The highest BCUT2D eigenvalue weighted by Crippen LogP contribution is 2.23. The highest BCUT2D eigenvalue weighted by atomic mass is 16.6. The van der Waals surface area contributed by atoms with Gasteiger partial charge in [0.2, 0.25) is 0 Å². The molecule has 2 unspecified atom stereocenters. The van der Waals surface area contributed by atoms with Gasteiger partial charge >= 0.3 is 12.1 Å². The van der Waals surface area contributed by atoms with Crippen LogP contribution in [0.1, 0.15) is 26.3 Å².